The topological polar surface area (TPSA) is 50.3 Å². The average molecular weight is 312 g/mol. The molecular formula is C18H24N4O. The first-order valence-electron chi connectivity index (χ1n) is 8.28. The smallest absolute Gasteiger partial charge is 0.134 e. The standard InChI is InChI=1S/C18H24N4O/c1-14(2)23-16-8-4-3-7-15(16)12-19-17-11-18(21-13-20-17)22-9-5-6-10-22/h3-4,7-8,11,13-14H,5-6,9-10,12H2,1-2H3,(H,19,20,21). The first-order valence-corrected chi connectivity index (χ1v) is 8.28. The Kier molecular flexibility index (Phi) is 4.95. The van der Waals surface area contributed by atoms with Crippen molar-refractivity contribution >= 4 is 11.6 Å². The third-order valence-electron chi connectivity index (χ3n) is 3.88. The molecule has 1 aromatic carbocycles. The van der Waals surface area contributed by atoms with Crippen molar-refractivity contribution in [3.63, 3.8) is 0 Å². The highest BCUT2D eigenvalue weighted by Gasteiger charge is 2.14. The summed E-state index contributed by atoms with van der Waals surface area (Å²) in [4.78, 5) is 11.0. The van der Waals surface area contributed by atoms with E-state index in [1.165, 1.54) is 12.8 Å². The molecule has 1 fully saturated rings. The zero-order valence-electron chi connectivity index (χ0n) is 13.8. The molecule has 122 valence electrons. The molecule has 0 spiro atoms. The lowest BCUT2D eigenvalue weighted by Gasteiger charge is -2.17. The fraction of sp³-hybridized carbons (Fsp3) is 0.444. The van der Waals surface area contributed by atoms with Crippen molar-refractivity contribution in [3.05, 3.63) is 42.2 Å². The monoisotopic (exact) mass is 312 g/mol. The van der Waals surface area contributed by atoms with E-state index in [0.717, 1.165) is 36.0 Å². The summed E-state index contributed by atoms with van der Waals surface area (Å²) in [5.74, 6) is 2.77. The molecule has 0 bridgehead atoms. The second-order valence-electron chi connectivity index (χ2n) is 6.08. The Morgan fingerprint density at radius 3 is 2.74 bits per heavy atom. The van der Waals surface area contributed by atoms with Crippen LogP contribution in [-0.2, 0) is 6.54 Å². The van der Waals surface area contributed by atoms with E-state index in [1.807, 2.05) is 38.1 Å². The van der Waals surface area contributed by atoms with Gasteiger partial charge < -0.3 is 15.0 Å². The quantitative estimate of drug-likeness (QED) is 0.885. The summed E-state index contributed by atoms with van der Waals surface area (Å²) >= 11 is 0. The van der Waals surface area contributed by atoms with Gasteiger partial charge >= 0.3 is 0 Å². The van der Waals surface area contributed by atoms with Crippen molar-refractivity contribution in [1.29, 1.82) is 0 Å². The number of anilines is 2. The maximum Gasteiger partial charge on any atom is 0.134 e. The molecule has 1 aliphatic heterocycles. The molecule has 1 N–H and O–H groups in total. The molecule has 23 heavy (non-hydrogen) atoms. The van der Waals surface area contributed by atoms with Gasteiger partial charge in [-0.3, -0.25) is 0 Å². The van der Waals surface area contributed by atoms with Crippen LogP contribution in [0.1, 0.15) is 32.3 Å². The molecular weight excluding hydrogens is 288 g/mol. The molecule has 5 nitrogen and oxygen atoms in total. The highest BCUT2D eigenvalue weighted by molar-refractivity contribution is 5.49. The van der Waals surface area contributed by atoms with Crippen LogP contribution in [0.15, 0.2) is 36.7 Å². The van der Waals surface area contributed by atoms with E-state index < -0.39 is 0 Å². The van der Waals surface area contributed by atoms with E-state index in [0.29, 0.717) is 6.54 Å². The van der Waals surface area contributed by atoms with Gasteiger partial charge in [0.25, 0.3) is 0 Å². The third kappa shape index (κ3) is 4.12. The first-order chi connectivity index (χ1) is 11.2. The molecule has 0 unspecified atom stereocenters. The lowest BCUT2D eigenvalue weighted by molar-refractivity contribution is 0.240. The first kappa shape index (κ1) is 15.6. The summed E-state index contributed by atoms with van der Waals surface area (Å²) in [5.41, 5.74) is 1.13. The SMILES string of the molecule is CC(C)Oc1ccccc1CNc1cc(N2CCCC2)ncn1. The minimum Gasteiger partial charge on any atom is -0.491 e. The predicted molar refractivity (Wildman–Crippen MR) is 93.0 cm³/mol. The van der Waals surface area contributed by atoms with Gasteiger partial charge in [-0.1, -0.05) is 18.2 Å². The second kappa shape index (κ2) is 7.31. The van der Waals surface area contributed by atoms with Crippen LogP contribution < -0.4 is 15.0 Å². The fourth-order valence-corrected chi connectivity index (χ4v) is 2.77. The molecule has 0 amide bonds. The fourth-order valence-electron chi connectivity index (χ4n) is 2.77. The minimum absolute atomic E-state index is 0.164. The van der Waals surface area contributed by atoms with Crippen LogP contribution in [-0.4, -0.2) is 29.2 Å². The van der Waals surface area contributed by atoms with Gasteiger partial charge in [-0.2, -0.15) is 0 Å². The predicted octanol–water partition coefficient (Wildman–Crippen LogP) is 3.48. The molecule has 2 aromatic rings. The highest BCUT2D eigenvalue weighted by Crippen LogP contribution is 2.22. The van der Waals surface area contributed by atoms with Gasteiger partial charge in [-0.25, -0.2) is 9.97 Å². The van der Waals surface area contributed by atoms with Crippen LogP contribution in [0.2, 0.25) is 0 Å². The summed E-state index contributed by atoms with van der Waals surface area (Å²) in [6.45, 7) is 6.93. The van der Waals surface area contributed by atoms with Gasteiger partial charge in [0.05, 0.1) is 6.10 Å². The number of hydrogen-bond donors (Lipinski definition) is 1. The number of benzene rings is 1. The van der Waals surface area contributed by atoms with E-state index in [9.17, 15) is 0 Å². The van der Waals surface area contributed by atoms with Gasteiger partial charge in [0, 0.05) is 31.3 Å². The highest BCUT2D eigenvalue weighted by atomic mass is 16.5. The molecule has 5 heteroatoms. The molecule has 1 aliphatic rings. The normalized spacial score (nSPS) is 14.3. The number of ether oxygens (including phenoxy) is 1. The maximum atomic E-state index is 5.86. The zero-order valence-corrected chi connectivity index (χ0v) is 13.8. The zero-order chi connectivity index (χ0) is 16.1. The Morgan fingerprint density at radius 2 is 1.96 bits per heavy atom. The van der Waals surface area contributed by atoms with E-state index in [2.05, 4.69) is 26.3 Å². The largest absolute Gasteiger partial charge is 0.491 e. The van der Waals surface area contributed by atoms with E-state index >= 15 is 0 Å². The van der Waals surface area contributed by atoms with Crippen molar-refractivity contribution in [3.8, 4) is 5.75 Å². The Morgan fingerprint density at radius 1 is 1.17 bits per heavy atom. The molecule has 0 aliphatic carbocycles. The van der Waals surface area contributed by atoms with Crippen molar-refractivity contribution < 1.29 is 4.74 Å². The van der Waals surface area contributed by atoms with Crippen molar-refractivity contribution in [2.75, 3.05) is 23.3 Å². The lowest BCUT2D eigenvalue weighted by atomic mass is 10.2. The van der Waals surface area contributed by atoms with Crippen molar-refractivity contribution in [2.45, 2.75) is 39.3 Å². The number of para-hydroxylation sites is 1. The molecule has 0 atom stereocenters. The molecule has 1 aromatic heterocycles. The Bertz CT molecular complexity index is 638. The Labute approximate surface area is 137 Å². The molecule has 3 rings (SSSR count). The number of hydrogen-bond acceptors (Lipinski definition) is 5. The number of rotatable bonds is 6. The van der Waals surface area contributed by atoms with Gasteiger partial charge in [0.1, 0.15) is 23.7 Å². The lowest BCUT2D eigenvalue weighted by Crippen LogP contribution is -2.19. The van der Waals surface area contributed by atoms with E-state index in [1.54, 1.807) is 6.33 Å². The van der Waals surface area contributed by atoms with Crippen LogP contribution in [0.3, 0.4) is 0 Å². The summed E-state index contributed by atoms with van der Waals surface area (Å²) in [6, 6.07) is 10.1. The number of nitrogens with zero attached hydrogens (tertiary/aromatic N) is 3. The van der Waals surface area contributed by atoms with Crippen LogP contribution >= 0.6 is 0 Å². The Balaban J connectivity index is 1.67. The molecule has 0 saturated carbocycles. The van der Waals surface area contributed by atoms with Crippen molar-refractivity contribution in [2.24, 2.45) is 0 Å². The van der Waals surface area contributed by atoms with Crippen LogP contribution in [0.5, 0.6) is 5.75 Å². The van der Waals surface area contributed by atoms with Gasteiger partial charge in [0.15, 0.2) is 0 Å². The molecule has 2 heterocycles. The third-order valence-corrected chi connectivity index (χ3v) is 3.88. The van der Waals surface area contributed by atoms with Gasteiger partial charge in [-0.15, -0.1) is 0 Å². The Hall–Kier alpha value is -2.30. The molecule has 1 saturated heterocycles. The van der Waals surface area contributed by atoms with Crippen molar-refractivity contribution in [1.82, 2.24) is 9.97 Å². The maximum absolute atomic E-state index is 5.86. The average Bonchev–Trinajstić information content (AvgIpc) is 3.08. The summed E-state index contributed by atoms with van der Waals surface area (Å²) in [5, 5.41) is 3.38. The van der Waals surface area contributed by atoms with Crippen LogP contribution in [0.4, 0.5) is 11.6 Å². The van der Waals surface area contributed by atoms with Gasteiger partial charge in [-0.05, 0) is 32.8 Å². The summed E-state index contributed by atoms with van der Waals surface area (Å²) < 4.78 is 5.86. The minimum atomic E-state index is 0.164. The van der Waals surface area contributed by atoms with E-state index in [4.69, 9.17) is 4.74 Å². The summed E-state index contributed by atoms with van der Waals surface area (Å²) in [7, 11) is 0. The summed E-state index contributed by atoms with van der Waals surface area (Å²) in [6.07, 6.45) is 4.28. The van der Waals surface area contributed by atoms with Gasteiger partial charge in [0.2, 0.25) is 0 Å². The van der Waals surface area contributed by atoms with E-state index in [-0.39, 0.29) is 6.10 Å². The van der Waals surface area contributed by atoms with Crippen LogP contribution in [0, 0.1) is 0 Å². The number of nitrogens with one attached hydrogen (secondary N) is 1. The molecule has 0 radical (unpaired) electrons. The van der Waals surface area contributed by atoms with Crippen LogP contribution in [0.25, 0.3) is 0 Å². The second-order valence-corrected chi connectivity index (χ2v) is 6.08. The number of aromatic nitrogens is 2.